The number of aromatic nitrogens is 2. The molecule has 2 aromatic heterocycles. The van der Waals surface area contributed by atoms with Gasteiger partial charge in [0.1, 0.15) is 11.2 Å². The van der Waals surface area contributed by atoms with E-state index in [1.165, 1.54) is 10.6 Å². The van der Waals surface area contributed by atoms with Gasteiger partial charge in [-0.25, -0.2) is 4.98 Å². The van der Waals surface area contributed by atoms with Crippen LogP contribution in [0.4, 0.5) is 0 Å². The van der Waals surface area contributed by atoms with Crippen molar-refractivity contribution in [3.63, 3.8) is 0 Å². The number of pyridine rings is 1. The Morgan fingerprint density at radius 3 is 2.77 bits per heavy atom. The number of nitrogens with zero attached hydrogens (tertiary/aromatic N) is 3. The fraction of sp³-hybridized carbons (Fsp3) is 0.438. The number of nitrogens with one attached hydrogen (secondary N) is 1. The number of carbonyl (C=O) groups is 1. The summed E-state index contributed by atoms with van der Waals surface area (Å²) in [7, 11) is 2.07. The largest absolute Gasteiger partial charge is 0.349 e. The first-order chi connectivity index (χ1) is 10.5. The molecular weight excluding hydrogens is 280 g/mol. The lowest BCUT2D eigenvalue weighted by Crippen LogP contribution is -2.44. The van der Waals surface area contributed by atoms with E-state index < -0.39 is 0 Å². The van der Waals surface area contributed by atoms with Crippen molar-refractivity contribution in [1.29, 1.82) is 0 Å². The number of carbonyl (C=O) groups excluding carboxylic acids is 1. The Hall–Kier alpha value is -2.21. The monoisotopic (exact) mass is 300 g/mol. The number of fused-ring (bicyclic) bond motifs is 1. The number of rotatable bonds is 2. The molecule has 2 aromatic rings. The number of piperidine rings is 1. The van der Waals surface area contributed by atoms with Crippen LogP contribution < -0.4 is 10.9 Å². The summed E-state index contributed by atoms with van der Waals surface area (Å²) in [5.41, 5.74) is 1.27. The van der Waals surface area contributed by atoms with Crippen molar-refractivity contribution in [1.82, 2.24) is 19.6 Å². The molecule has 0 atom stereocenters. The number of aryl methyl sites for hydroxylation is 1. The van der Waals surface area contributed by atoms with E-state index in [0.717, 1.165) is 31.5 Å². The molecule has 1 amide bonds. The zero-order chi connectivity index (χ0) is 15.7. The summed E-state index contributed by atoms with van der Waals surface area (Å²) in [6, 6.07) is 3.79. The second-order valence-electron chi connectivity index (χ2n) is 5.96. The molecule has 3 heterocycles. The molecule has 6 heteroatoms. The second-order valence-corrected chi connectivity index (χ2v) is 5.96. The molecule has 0 unspecified atom stereocenters. The van der Waals surface area contributed by atoms with E-state index >= 15 is 0 Å². The Labute approximate surface area is 128 Å². The van der Waals surface area contributed by atoms with Gasteiger partial charge in [0.25, 0.3) is 11.5 Å². The average molecular weight is 300 g/mol. The van der Waals surface area contributed by atoms with Crippen LogP contribution in [0.15, 0.2) is 29.3 Å². The van der Waals surface area contributed by atoms with Crippen LogP contribution in [0.5, 0.6) is 0 Å². The van der Waals surface area contributed by atoms with Gasteiger partial charge in [0.2, 0.25) is 0 Å². The predicted octanol–water partition coefficient (Wildman–Crippen LogP) is 0.827. The molecule has 0 aromatic carbocycles. The van der Waals surface area contributed by atoms with Crippen molar-refractivity contribution in [3.05, 3.63) is 46.0 Å². The maximum atomic E-state index is 12.5. The Kier molecular flexibility index (Phi) is 3.94. The van der Waals surface area contributed by atoms with Gasteiger partial charge in [-0.1, -0.05) is 6.07 Å². The molecule has 22 heavy (non-hydrogen) atoms. The van der Waals surface area contributed by atoms with Crippen molar-refractivity contribution in [3.8, 4) is 0 Å². The molecule has 6 nitrogen and oxygen atoms in total. The second kappa shape index (κ2) is 5.88. The first-order valence-corrected chi connectivity index (χ1v) is 7.52. The van der Waals surface area contributed by atoms with Crippen LogP contribution in [0.1, 0.15) is 28.8 Å². The SMILES string of the molecule is Cc1ccc2ncc(C(=O)NC3CCN(C)CC3)c(=O)n2c1. The van der Waals surface area contributed by atoms with Crippen molar-refractivity contribution in [2.45, 2.75) is 25.8 Å². The van der Waals surface area contributed by atoms with E-state index in [1.807, 2.05) is 13.0 Å². The highest BCUT2D eigenvalue weighted by Gasteiger charge is 2.21. The van der Waals surface area contributed by atoms with Crippen LogP contribution in [0.2, 0.25) is 0 Å². The third kappa shape index (κ3) is 2.87. The lowest BCUT2D eigenvalue weighted by atomic mass is 10.1. The van der Waals surface area contributed by atoms with Gasteiger partial charge in [0.15, 0.2) is 0 Å². The van der Waals surface area contributed by atoms with Gasteiger partial charge < -0.3 is 10.2 Å². The summed E-state index contributed by atoms with van der Waals surface area (Å²) in [4.78, 5) is 31.3. The van der Waals surface area contributed by atoms with E-state index in [4.69, 9.17) is 0 Å². The molecule has 1 saturated heterocycles. The minimum absolute atomic E-state index is 0.0991. The lowest BCUT2D eigenvalue weighted by molar-refractivity contribution is 0.0915. The van der Waals surface area contributed by atoms with Crippen molar-refractivity contribution in [2.24, 2.45) is 0 Å². The molecule has 1 aliphatic heterocycles. The molecule has 0 saturated carbocycles. The Morgan fingerprint density at radius 1 is 1.32 bits per heavy atom. The van der Waals surface area contributed by atoms with Gasteiger partial charge in [-0.3, -0.25) is 14.0 Å². The smallest absolute Gasteiger partial charge is 0.270 e. The summed E-state index contributed by atoms with van der Waals surface area (Å²) in [5.74, 6) is -0.331. The molecule has 0 radical (unpaired) electrons. The molecule has 0 spiro atoms. The fourth-order valence-electron chi connectivity index (χ4n) is 2.75. The molecule has 3 rings (SSSR count). The van der Waals surface area contributed by atoms with Crippen LogP contribution in [0.25, 0.3) is 5.65 Å². The molecule has 0 aliphatic carbocycles. The van der Waals surface area contributed by atoms with Gasteiger partial charge in [0.05, 0.1) is 0 Å². The van der Waals surface area contributed by atoms with Crippen LogP contribution in [0, 0.1) is 6.92 Å². The maximum absolute atomic E-state index is 12.5. The third-order valence-electron chi connectivity index (χ3n) is 4.15. The molecule has 1 fully saturated rings. The lowest BCUT2D eigenvalue weighted by Gasteiger charge is -2.29. The van der Waals surface area contributed by atoms with Crippen LogP contribution >= 0.6 is 0 Å². The highest BCUT2D eigenvalue weighted by Crippen LogP contribution is 2.09. The van der Waals surface area contributed by atoms with Crippen molar-refractivity contribution < 1.29 is 4.79 Å². The minimum atomic E-state index is -0.331. The van der Waals surface area contributed by atoms with Gasteiger partial charge in [-0.2, -0.15) is 0 Å². The van der Waals surface area contributed by atoms with Crippen molar-refractivity contribution in [2.75, 3.05) is 20.1 Å². The number of likely N-dealkylation sites (tertiary alicyclic amines) is 1. The van der Waals surface area contributed by atoms with Crippen LogP contribution in [-0.4, -0.2) is 46.4 Å². The van der Waals surface area contributed by atoms with Gasteiger partial charge in [0, 0.05) is 18.4 Å². The van der Waals surface area contributed by atoms with E-state index in [-0.39, 0.29) is 23.1 Å². The summed E-state index contributed by atoms with van der Waals surface area (Å²) in [6.07, 6.45) is 4.89. The normalized spacial score (nSPS) is 16.8. The third-order valence-corrected chi connectivity index (χ3v) is 4.15. The number of hydrogen-bond acceptors (Lipinski definition) is 4. The van der Waals surface area contributed by atoms with Gasteiger partial charge in [-0.15, -0.1) is 0 Å². The first-order valence-electron chi connectivity index (χ1n) is 7.52. The quantitative estimate of drug-likeness (QED) is 0.892. The summed E-state index contributed by atoms with van der Waals surface area (Å²) < 4.78 is 1.43. The zero-order valence-electron chi connectivity index (χ0n) is 12.9. The number of amides is 1. The Balaban J connectivity index is 1.85. The summed E-state index contributed by atoms with van der Waals surface area (Å²) in [6.45, 7) is 3.81. The van der Waals surface area contributed by atoms with Crippen molar-refractivity contribution >= 4 is 11.6 Å². The summed E-state index contributed by atoms with van der Waals surface area (Å²) >= 11 is 0. The molecular formula is C16H20N4O2. The topological polar surface area (TPSA) is 66.7 Å². The highest BCUT2D eigenvalue weighted by atomic mass is 16.2. The first kappa shape index (κ1) is 14.7. The fourth-order valence-corrected chi connectivity index (χ4v) is 2.75. The standard InChI is InChI=1S/C16H20N4O2/c1-11-3-4-14-17-9-13(16(22)20(14)10-11)15(21)18-12-5-7-19(2)8-6-12/h3-4,9-10,12H,5-8H2,1-2H3,(H,18,21). The molecule has 1 aliphatic rings. The van der Waals surface area contributed by atoms with E-state index in [0.29, 0.717) is 5.65 Å². The summed E-state index contributed by atoms with van der Waals surface area (Å²) in [5, 5.41) is 2.96. The van der Waals surface area contributed by atoms with Crippen LogP contribution in [0.3, 0.4) is 0 Å². The number of hydrogen-bond donors (Lipinski definition) is 1. The van der Waals surface area contributed by atoms with Gasteiger partial charge in [-0.05, 0) is 51.5 Å². The highest BCUT2D eigenvalue weighted by molar-refractivity contribution is 5.93. The van der Waals surface area contributed by atoms with E-state index in [2.05, 4.69) is 22.2 Å². The Bertz CT molecular complexity index is 760. The predicted molar refractivity (Wildman–Crippen MR) is 84.2 cm³/mol. The maximum Gasteiger partial charge on any atom is 0.270 e. The Morgan fingerprint density at radius 2 is 2.05 bits per heavy atom. The van der Waals surface area contributed by atoms with Gasteiger partial charge >= 0.3 is 0 Å². The molecule has 1 N–H and O–H groups in total. The average Bonchev–Trinajstić information content (AvgIpc) is 2.50. The minimum Gasteiger partial charge on any atom is -0.349 e. The van der Waals surface area contributed by atoms with E-state index in [1.54, 1.807) is 12.3 Å². The van der Waals surface area contributed by atoms with Crippen LogP contribution in [-0.2, 0) is 0 Å². The molecule has 0 bridgehead atoms. The van der Waals surface area contributed by atoms with E-state index in [9.17, 15) is 9.59 Å². The zero-order valence-corrected chi connectivity index (χ0v) is 12.9. The molecule has 116 valence electrons.